The van der Waals surface area contributed by atoms with Crippen LogP contribution in [0.3, 0.4) is 0 Å². The van der Waals surface area contributed by atoms with E-state index in [2.05, 4.69) is 10.1 Å². The van der Waals surface area contributed by atoms with Crippen molar-refractivity contribution in [3.05, 3.63) is 0 Å². The molecule has 1 amide bonds. The van der Waals surface area contributed by atoms with E-state index < -0.39 is 5.60 Å². The number of amides is 1. The van der Waals surface area contributed by atoms with Crippen molar-refractivity contribution < 1.29 is 19.1 Å². The minimum Gasteiger partial charge on any atom is -0.469 e. The first-order chi connectivity index (χ1) is 9.76. The number of hydrogen-bond donors (Lipinski definition) is 1. The van der Waals surface area contributed by atoms with E-state index in [1.807, 2.05) is 20.8 Å². The van der Waals surface area contributed by atoms with Gasteiger partial charge in [0.2, 0.25) is 0 Å². The number of esters is 1. The van der Waals surface area contributed by atoms with Gasteiger partial charge in [-0.2, -0.15) is 0 Å². The molecule has 5 heteroatoms. The van der Waals surface area contributed by atoms with E-state index >= 15 is 0 Å². The predicted octanol–water partition coefficient (Wildman–Crippen LogP) is 3.56. The van der Waals surface area contributed by atoms with Crippen LogP contribution < -0.4 is 5.32 Å². The third-order valence-electron chi connectivity index (χ3n) is 3.84. The molecule has 1 saturated carbocycles. The highest BCUT2D eigenvalue weighted by atomic mass is 16.6. The van der Waals surface area contributed by atoms with Crippen molar-refractivity contribution in [3.63, 3.8) is 0 Å². The first kappa shape index (κ1) is 17.8. The summed E-state index contributed by atoms with van der Waals surface area (Å²) in [5, 5.41) is 3.07. The lowest BCUT2D eigenvalue weighted by molar-refractivity contribution is -0.140. The van der Waals surface area contributed by atoms with Crippen molar-refractivity contribution in [2.45, 2.75) is 83.3 Å². The van der Waals surface area contributed by atoms with Crippen molar-refractivity contribution in [2.75, 3.05) is 7.11 Å². The molecule has 0 bridgehead atoms. The molecule has 21 heavy (non-hydrogen) atoms. The largest absolute Gasteiger partial charge is 0.469 e. The topological polar surface area (TPSA) is 64.6 Å². The van der Waals surface area contributed by atoms with Crippen LogP contribution in [0.4, 0.5) is 4.79 Å². The molecule has 1 aliphatic rings. The predicted molar refractivity (Wildman–Crippen MR) is 81.1 cm³/mol. The summed E-state index contributed by atoms with van der Waals surface area (Å²) < 4.78 is 10.0. The zero-order valence-corrected chi connectivity index (χ0v) is 13.8. The van der Waals surface area contributed by atoms with Gasteiger partial charge in [-0.15, -0.1) is 0 Å². The fourth-order valence-corrected chi connectivity index (χ4v) is 2.86. The van der Waals surface area contributed by atoms with Gasteiger partial charge < -0.3 is 14.8 Å². The molecule has 1 fully saturated rings. The van der Waals surface area contributed by atoms with Crippen LogP contribution in [0.2, 0.25) is 0 Å². The summed E-state index contributed by atoms with van der Waals surface area (Å²) in [6, 6.07) is 0. The minimum absolute atomic E-state index is 0.196. The number of methoxy groups -OCH3 is 1. The molecule has 0 aromatic rings. The molecule has 0 saturated heterocycles. The van der Waals surface area contributed by atoms with Crippen molar-refractivity contribution in [1.82, 2.24) is 5.32 Å². The monoisotopic (exact) mass is 299 g/mol. The van der Waals surface area contributed by atoms with Gasteiger partial charge >= 0.3 is 12.1 Å². The summed E-state index contributed by atoms with van der Waals surface area (Å²) in [6.07, 6.45) is 6.87. The maximum Gasteiger partial charge on any atom is 0.408 e. The van der Waals surface area contributed by atoms with Gasteiger partial charge in [0.25, 0.3) is 0 Å². The Morgan fingerprint density at radius 3 is 2.29 bits per heavy atom. The van der Waals surface area contributed by atoms with E-state index in [4.69, 9.17) is 4.74 Å². The Kier molecular flexibility index (Phi) is 6.49. The average Bonchev–Trinajstić information content (AvgIpc) is 2.37. The Morgan fingerprint density at radius 2 is 1.76 bits per heavy atom. The molecule has 0 radical (unpaired) electrons. The van der Waals surface area contributed by atoms with Gasteiger partial charge in [-0.1, -0.05) is 19.3 Å². The molecule has 0 heterocycles. The van der Waals surface area contributed by atoms with E-state index in [0.29, 0.717) is 6.42 Å². The van der Waals surface area contributed by atoms with E-state index in [9.17, 15) is 9.59 Å². The van der Waals surface area contributed by atoms with E-state index in [0.717, 1.165) is 38.5 Å². The Labute approximate surface area is 127 Å². The fraction of sp³-hybridized carbons (Fsp3) is 0.875. The summed E-state index contributed by atoms with van der Waals surface area (Å²) >= 11 is 0. The van der Waals surface area contributed by atoms with Gasteiger partial charge in [0.05, 0.1) is 7.11 Å². The zero-order chi connectivity index (χ0) is 15.9. The molecule has 1 aliphatic carbocycles. The lowest BCUT2D eigenvalue weighted by Gasteiger charge is -2.38. The second-order valence-corrected chi connectivity index (χ2v) is 6.90. The SMILES string of the molecule is COC(=O)CCCC1(NC(=O)OC(C)(C)C)CCCCC1. The lowest BCUT2D eigenvalue weighted by atomic mass is 9.78. The van der Waals surface area contributed by atoms with Crippen LogP contribution in [0.25, 0.3) is 0 Å². The Bertz CT molecular complexity index is 354. The highest BCUT2D eigenvalue weighted by Crippen LogP contribution is 2.33. The summed E-state index contributed by atoms with van der Waals surface area (Å²) in [7, 11) is 1.40. The average molecular weight is 299 g/mol. The highest BCUT2D eigenvalue weighted by molar-refractivity contribution is 5.69. The van der Waals surface area contributed by atoms with Crippen molar-refractivity contribution in [2.24, 2.45) is 0 Å². The molecule has 0 unspecified atom stereocenters. The lowest BCUT2D eigenvalue weighted by Crippen LogP contribution is -2.51. The van der Waals surface area contributed by atoms with Crippen LogP contribution in [-0.4, -0.2) is 30.3 Å². The first-order valence-electron chi connectivity index (χ1n) is 7.84. The summed E-state index contributed by atoms with van der Waals surface area (Å²) in [5.74, 6) is -0.196. The van der Waals surface area contributed by atoms with E-state index in [-0.39, 0.29) is 17.6 Å². The van der Waals surface area contributed by atoms with Gasteiger partial charge in [0.15, 0.2) is 0 Å². The molecule has 0 aliphatic heterocycles. The number of ether oxygens (including phenoxy) is 2. The van der Waals surface area contributed by atoms with Gasteiger partial charge in [0, 0.05) is 12.0 Å². The summed E-state index contributed by atoms with van der Waals surface area (Å²) in [6.45, 7) is 5.58. The molecule has 1 N–H and O–H groups in total. The molecular weight excluding hydrogens is 270 g/mol. The molecule has 5 nitrogen and oxygen atoms in total. The van der Waals surface area contributed by atoms with E-state index in [1.165, 1.54) is 13.5 Å². The molecule has 1 rings (SSSR count). The fourth-order valence-electron chi connectivity index (χ4n) is 2.86. The highest BCUT2D eigenvalue weighted by Gasteiger charge is 2.34. The quantitative estimate of drug-likeness (QED) is 0.788. The number of nitrogens with one attached hydrogen (secondary N) is 1. The van der Waals surface area contributed by atoms with Crippen LogP contribution in [0.15, 0.2) is 0 Å². The van der Waals surface area contributed by atoms with Gasteiger partial charge in [-0.25, -0.2) is 4.79 Å². The van der Waals surface area contributed by atoms with Gasteiger partial charge in [0.1, 0.15) is 5.60 Å². The molecule has 0 aromatic carbocycles. The Balaban J connectivity index is 2.57. The van der Waals surface area contributed by atoms with Crippen LogP contribution in [0, 0.1) is 0 Å². The van der Waals surface area contributed by atoms with Crippen LogP contribution in [0.5, 0.6) is 0 Å². The van der Waals surface area contributed by atoms with Gasteiger partial charge in [-0.05, 0) is 46.5 Å². The molecule has 0 spiro atoms. The molecule has 122 valence electrons. The number of rotatable bonds is 5. The van der Waals surface area contributed by atoms with Crippen molar-refractivity contribution in [1.29, 1.82) is 0 Å². The van der Waals surface area contributed by atoms with E-state index in [1.54, 1.807) is 0 Å². The Morgan fingerprint density at radius 1 is 1.14 bits per heavy atom. The maximum absolute atomic E-state index is 12.1. The number of alkyl carbamates (subject to hydrolysis) is 1. The molecular formula is C16H29NO4. The second kappa shape index (κ2) is 7.66. The Hall–Kier alpha value is -1.26. The van der Waals surface area contributed by atoms with Crippen molar-refractivity contribution in [3.8, 4) is 0 Å². The third-order valence-corrected chi connectivity index (χ3v) is 3.84. The second-order valence-electron chi connectivity index (χ2n) is 6.90. The third kappa shape index (κ3) is 6.82. The number of carbonyl (C=O) groups is 2. The minimum atomic E-state index is -0.494. The zero-order valence-electron chi connectivity index (χ0n) is 13.8. The molecule has 0 atom stereocenters. The molecule has 0 aromatic heterocycles. The summed E-state index contributed by atoms with van der Waals surface area (Å²) in [4.78, 5) is 23.3. The number of carbonyl (C=O) groups excluding carboxylic acids is 2. The summed E-state index contributed by atoms with van der Waals surface area (Å²) in [5.41, 5.74) is -0.722. The standard InChI is InChI=1S/C16H29NO4/c1-15(2,3)21-14(19)17-16(10-6-5-7-11-16)12-8-9-13(18)20-4/h5-12H2,1-4H3,(H,17,19). The first-order valence-corrected chi connectivity index (χ1v) is 7.84. The van der Waals surface area contributed by atoms with Crippen LogP contribution in [-0.2, 0) is 14.3 Å². The maximum atomic E-state index is 12.1. The van der Waals surface area contributed by atoms with Crippen molar-refractivity contribution >= 4 is 12.1 Å². The van der Waals surface area contributed by atoms with Gasteiger partial charge in [-0.3, -0.25) is 4.79 Å². The van der Waals surface area contributed by atoms with Crippen LogP contribution in [0.1, 0.15) is 72.1 Å². The smallest absolute Gasteiger partial charge is 0.408 e. The number of hydrogen-bond acceptors (Lipinski definition) is 4. The normalized spacial score (nSPS) is 17.9. The van der Waals surface area contributed by atoms with Crippen LogP contribution >= 0.6 is 0 Å².